The van der Waals surface area contributed by atoms with Crippen molar-refractivity contribution in [3.63, 3.8) is 0 Å². The predicted molar refractivity (Wildman–Crippen MR) is 139 cm³/mol. The smallest absolute Gasteiger partial charge is 0.243 e. The number of halogens is 1. The lowest BCUT2D eigenvalue weighted by Gasteiger charge is -2.28. The first-order chi connectivity index (χ1) is 15.1. The number of H-pyrrole nitrogens is 1. The lowest BCUT2D eigenvalue weighted by atomic mass is 10.0. The number of para-hydroxylation sites is 2. The van der Waals surface area contributed by atoms with Crippen molar-refractivity contribution >= 4 is 46.7 Å². The van der Waals surface area contributed by atoms with Gasteiger partial charge in [-0.1, -0.05) is 36.4 Å². The van der Waals surface area contributed by atoms with Crippen molar-refractivity contribution < 1.29 is 9.53 Å². The number of amides is 1. The number of ether oxygens (including phenoxy) is 1. The van der Waals surface area contributed by atoms with Gasteiger partial charge in [0.25, 0.3) is 0 Å². The van der Waals surface area contributed by atoms with E-state index in [0.717, 1.165) is 29.7 Å². The summed E-state index contributed by atoms with van der Waals surface area (Å²) in [6.45, 7) is 1.45. The molecule has 1 aromatic heterocycles. The molecule has 2 aromatic carbocycles. The van der Waals surface area contributed by atoms with Gasteiger partial charge < -0.3 is 25.3 Å². The molecule has 1 atom stereocenters. The van der Waals surface area contributed by atoms with Gasteiger partial charge in [-0.05, 0) is 24.1 Å². The second-order valence-electron chi connectivity index (χ2n) is 7.86. The number of hydrogen-bond acceptors (Lipinski definition) is 3. The number of aliphatic imine (C=N–C) groups is 1. The Kier molecular flexibility index (Phi) is 8.38. The minimum absolute atomic E-state index is 0. The monoisotopic (exact) mass is 547 g/mol. The van der Waals surface area contributed by atoms with E-state index >= 15 is 0 Å². The van der Waals surface area contributed by atoms with Gasteiger partial charge in [0.05, 0.1) is 12.6 Å². The minimum atomic E-state index is -0.0369. The number of nitrogens with one attached hydrogen (secondary N) is 3. The van der Waals surface area contributed by atoms with Crippen LogP contribution >= 0.6 is 24.0 Å². The Morgan fingerprint density at radius 1 is 1.19 bits per heavy atom. The van der Waals surface area contributed by atoms with Gasteiger partial charge in [-0.3, -0.25) is 4.79 Å². The Morgan fingerprint density at radius 3 is 2.81 bits per heavy atom. The summed E-state index contributed by atoms with van der Waals surface area (Å²) in [5.41, 5.74) is 3.50. The van der Waals surface area contributed by atoms with Crippen molar-refractivity contribution in [2.45, 2.75) is 18.9 Å². The number of carbonyl (C=O) groups excluding carboxylic acids is 1. The standard InChI is InChI=1S/C24H29N5O2.HI/c1-29(2)23(30)16-27-24(28-21-12-14-31-22-10-6-4-8-19(21)22)25-13-11-17-15-26-20-9-5-3-7-18(17)20;/h3-10,15,21,26H,11-14,16H2,1-2H3,(H2,25,27,28);1H. The average Bonchev–Trinajstić information content (AvgIpc) is 3.20. The van der Waals surface area contributed by atoms with Crippen LogP contribution in [0.25, 0.3) is 10.9 Å². The molecule has 3 aromatic rings. The molecule has 1 amide bonds. The van der Waals surface area contributed by atoms with E-state index in [0.29, 0.717) is 19.1 Å². The Morgan fingerprint density at radius 2 is 1.97 bits per heavy atom. The van der Waals surface area contributed by atoms with Crippen LogP contribution in [-0.4, -0.2) is 55.5 Å². The largest absolute Gasteiger partial charge is 0.493 e. The molecule has 0 saturated carbocycles. The van der Waals surface area contributed by atoms with Crippen LogP contribution in [0.4, 0.5) is 0 Å². The maximum Gasteiger partial charge on any atom is 0.243 e. The van der Waals surface area contributed by atoms with E-state index in [9.17, 15) is 4.79 Å². The first-order valence-electron chi connectivity index (χ1n) is 10.6. The number of fused-ring (bicyclic) bond motifs is 2. The summed E-state index contributed by atoms with van der Waals surface area (Å²) in [4.78, 5) is 21.5. The van der Waals surface area contributed by atoms with E-state index in [1.807, 2.05) is 24.3 Å². The number of aromatic amines is 1. The zero-order valence-corrected chi connectivity index (χ0v) is 20.8. The number of rotatable bonds is 6. The van der Waals surface area contributed by atoms with Crippen LogP contribution in [0.1, 0.15) is 23.6 Å². The molecular weight excluding hydrogens is 517 g/mol. The van der Waals surface area contributed by atoms with Gasteiger partial charge in [-0.2, -0.15) is 0 Å². The van der Waals surface area contributed by atoms with Crippen LogP contribution in [0.2, 0.25) is 0 Å². The highest BCUT2D eigenvalue weighted by Crippen LogP contribution is 2.31. The zero-order chi connectivity index (χ0) is 21.6. The number of hydrogen-bond donors (Lipinski definition) is 3. The molecule has 3 N–H and O–H groups in total. The molecule has 170 valence electrons. The van der Waals surface area contributed by atoms with E-state index < -0.39 is 0 Å². The average molecular weight is 547 g/mol. The SMILES string of the molecule is CN(C)C(=O)CN=C(NCCc1c[nH]c2ccccc12)NC1CCOc2ccccc21.I. The van der Waals surface area contributed by atoms with Gasteiger partial charge in [0.2, 0.25) is 5.91 Å². The lowest BCUT2D eigenvalue weighted by molar-refractivity contribution is -0.127. The Bertz CT molecular complexity index is 1080. The third kappa shape index (κ3) is 5.73. The minimum Gasteiger partial charge on any atom is -0.493 e. The molecule has 1 aliphatic heterocycles. The molecule has 0 bridgehead atoms. The van der Waals surface area contributed by atoms with Crippen LogP contribution < -0.4 is 15.4 Å². The molecule has 0 aliphatic carbocycles. The van der Waals surface area contributed by atoms with Gasteiger partial charge >= 0.3 is 0 Å². The maximum atomic E-state index is 12.1. The Balaban J connectivity index is 0.00000289. The summed E-state index contributed by atoms with van der Waals surface area (Å²) in [6.07, 6.45) is 3.74. The van der Waals surface area contributed by atoms with Crippen LogP contribution in [0.5, 0.6) is 5.75 Å². The number of guanidine groups is 1. The highest BCUT2D eigenvalue weighted by molar-refractivity contribution is 14.0. The molecule has 4 rings (SSSR count). The van der Waals surface area contributed by atoms with E-state index in [-0.39, 0.29) is 42.5 Å². The highest BCUT2D eigenvalue weighted by Gasteiger charge is 2.22. The van der Waals surface area contributed by atoms with Crippen molar-refractivity contribution in [2.75, 3.05) is 33.8 Å². The summed E-state index contributed by atoms with van der Waals surface area (Å²) in [7, 11) is 3.48. The van der Waals surface area contributed by atoms with Crippen LogP contribution in [0.3, 0.4) is 0 Å². The molecule has 0 radical (unpaired) electrons. The van der Waals surface area contributed by atoms with Crippen molar-refractivity contribution in [1.82, 2.24) is 20.5 Å². The van der Waals surface area contributed by atoms with Gasteiger partial charge in [-0.15, -0.1) is 24.0 Å². The van der Waals surface area contributed by atoms with E-state index in [1.54, 1.807) is 19.0 Å². The Labute approximate surface area is 205 Å². The predicted octanol–water partition coefficient (Wildman–Crippen LogP) is 3.48. The number of aromatic nitrogens is 1. The van der Waals surface area contributed by atoms with Crippen molar-refractivity contribution in [1.29, 1.82) is 0 Å². The first-order valence-corrected chi connectivity index (χ1v) is 10.6. The summed E-state index contributed by atoms with van der Waals surface area (Å²) < 4.78 is 5.77. The van der Waals surface area contributed by atoms with Gasteiger partial charge in [0.15, 0.2) is 5.96 Å². The molecule has 7 nitrogen and oxygen atoms in total. The molecule has 8 heteroatoms. The van der Waals surface area contributed by atoms with Crippen LogP contribution in [0, 0.1) is 0 Å². The lowest BCUT2D eigenvalue weighted by Crippen LogP contribution is -2.42. The Hall–Kier alpha value is -2.75. The summed E-state index contributed by atoms with van der Waals surface area (Å²) in [5, 5.41) is 8.15. The number of nitrogens with zero attached hydrogens (tertiary/aromatic N) is 2. The topological polar surface area (TPSA) is 81.8 Å². The van der Waals surface area contributed by atoms with Crippen molar-refractivity contribution in [2.24, 2.45) is 4.99 Å². The maximum absolute atomic E-state index is 12.1. The molecule has 0 saturated heterocycles. The van der Waals surface area contributed by atoms with Crippen LogP contribution in [-0.2, 0) is 11.2 Å². The van der Waals surface area contributed by atoms with Gasteiger partial charge in [-0.25, -0.2) is 4.99 Å². The van der Waals surface area contributed by atoms with E-state index in [2.05, 4.69) is 51.1 Å². The molecule has 1 aliphatic rings. The normalized spacial score (nSPS) is 15.3. The summed E-state index contributed by atoms with van der Waals surface area (Å²) in [5.74, 6) is 1.50. The number of likely N-dealkylation sites (N-methyl/N-ethyl adjacent to an activating group) is 1. The second-order valence-corrected chi connectivity index (χ2v) is 7.86. The van der Waals surface area contributed by atoms with Crippen LogP contribution in [0.15, 0.2) is 59.7 Å². The molecule has 0 spiro atoms. The zero-order valence-electron chi connectivity index (χ0n) is 18.4. The molecule has 32 heavy (non-hydrogen) atoms. The molecule has 2 heterocycles. The quantitative estimate of drug-likeness (QED) is 0.251. The fraction of sp³-hybridized carbons (Fsp3) is 0.333. The first kappa shape index (κ1) is 23.9. The molecular formula is C24H30IN5O2. The molecule has 1 unspecified atom stereocenters. The van der Waals surface area contributed by atoms with Crippen molar-refractivity contribution in [3.05, 3.63) is 65.9 Å². The highest BCUT2D eigenvalue weighted by atomic mass is 127. The molecule has 0 fully saturated rings. The van der Waals surface area contributed by atoms with E-state index in [1.165, 1.54) is 10.9 Å². The number of carbonyl (C=O) groups is 1. The summed E-state index contributed by atoms with van der Waals surface area (Å²) >= 11 is 0. The van der Waals surface area contributed by atoms with Gasteiger partial charge in [0, 0.05) is 49.7 Å². The third-order valence-electron chi connectivity index (χ3n) is 5.50. The van der Waals surface area contributed by atoms with Gasteiger partial charge in [0.1, 0.15) is 12.3 Å². The number of benzene rings is 2. The van der Waals surface area contributed by atoms with Crippen molar-refractivity contribution in [3.8, 4) is 5.75 Å². The summed E-state index contributed by atoms with van der Waals surface area (Å²) in [6, 6.07) is 16.4. The fourth-order valence-corrected chi connectivity index (χ4v) is 3.75. The fourth-order valence-electron chi connectivity index (χ4n) is 3.75. The van der Waals surface area contributed by atoms with E-state index in [4.69, 9.17) is 4.74 Å². The second kappa shape index (κ2) is 11.2. The third-order valence-corrected chi connectivity index (χ3v) is 5.50.